The second kappa shape index (κ2) is 9.02. The van der Waals surface area contributed by atoms with Crippen molar-refractivity contribution in [2.24, 2.45) is 5.92 Å². The van der Waals surface area contributed by atoms with Crippen LogP contribution < -0.4 is 15.6 Å². The van der Waals surface area contributed by atoms with Crippen LogP contribution in [0.1, 0.15) is 23.6 Å². The quantitative estimate of drug-likeness (QED) is 0.660. The van der Waals surface area contributed by atoms with Crippen molar-refractivity contribution in [3.8, 4) is 5.75 Å². The highest BCUT2D eigenvalue weighted by atomic mass is 35.6. The van der Waals surface area contributed by atoms with E-state index in [1.54, 1.807) is 18.2 Å². The van der Waals surface area contributed by atoms with E-state index in [2.05, 4.69) is 5.32 Å². The Morgan fingerprint density at radius 1 is 1.16 bits per heavy atom. The Bertz CT molecular complexity index is 1020. The molecule has 166 valence electrons. The highest BCUT2D eigenvalue weighted by Gasteiger charge is 2.44. The number of rotatable bonds is 5. The van der Waals surface area contributed by atoms with Crippen molar-refractivity contribution >= 4 is 40.7 Å². The van der Waals surface area contributed by atoms with Gasteiger partial charge >= 0.3 is 0 Å². The first kappa shape index (κ1) is 22.5. The van der Waals surface area contributed by atoms with Crippen LogP contribution in [0.4, 0.5) is 0 Å². The molecule has 0 radical (unpaired) electrons. The average molecular weight is 485 g/mol. The molecule has 3 atom stereocenters. The summed E-state index contributed by atoms with van der Waals surface area (Å²) < 4.78 is 5.76. The van der Waals surface area contributed by atoms with E-state index >= 15 is 0 Å². The maximum atomic E-state index is 12.6. The molecule has 2 aliphatic rings. The second-order valence-corrected chi connectivity index (χ2v) is 10.6. The largest absolute Gasteiger partial charge is 0.484 e. The molecule has 4 rings (SSSR count). The minimum absolute atomic E-state index is 0.0141. The lowest BCUT2D eigenvalue weighted by Crippen LogP contribution is -2.60. The lowest BCUT2D eigenvalue weighted by Gasteiger charge is -2.47. The van der Waals surface area contributed by atoms with Gasteiger partial charge in [-0.1, -0.05) is 59.1 Å². The first-order chi connectivity index (χ1) is 14.7. The SMILES string of the molecule is Cc1ccccc1OCC(=O)NC(N1C[C@@H]2C[C@H](C1)c1cccc(=O)n1C2)C(Cl)(Cl)Cl. The zero-order valence-corrected chi connectivity index (χ0v) is 19.3. The van der Waals surface area contributed by atoms with Gasteiger partial charge in [0.15, 0.2) is 6.61 Å². The van der Waals surface area contributed by atoms with Gasteiger partial charge in [0.2, 0.25) is 3.79 Å². The molecule has 9 heteroatoms. The number of hydrogen-bond acceptors (Lipinski definition) is 4. The van der Waals surface area contributed by atoms with E-state index in [4.69, 9.17) is 39.5 Å². The fourth-order valence-electron chi connectivity index (χ4n) is 4.58. The van der Waals surface area contributed by atoms with E-state index in [9.17, 15) is 9.59 Å². The number of amides is 1. The zero-order valence-electron chi connectivity index (χ0n) is 17.1. The van der Waals surface area contributed by atoms with Crippen molar-refractivity contribution < 1.29 is 9.53 Å². The average Bonchev–Trinajstić information content (AvgIpc) is 2.71. The van der Waals surface area contributed by atoms with Crippen LogP contribution in [0.2, 0.25) is 0 Å². The standard InChI is InChI=1S/C22H24Cl3N3O3/c1-14-5-2-3-7-18(14)31-13-19(29)26-21(22(23,24)25)27-10-15-9-16(12-27)17-6-4-8-20(30)28(17)11-15/h2-8,15-16,21H,9-13H2,1H3,(H,26,29)/t15-,16+,21?/m0/s1. The summed E-state index contributed by atoms with van der Waals surface area (Å²) in [5.41, 5.74) is 1.94. The number of para-hydroxylation sites is 1. The van der Waals surface area contributed by atoms with Crippen molar-refractivity contribution in [2.75, 3.05) is 19.7 Å². The molecule has 0 aliphatic carbocycles. The third kappa shape index (κ3) is 5.03. The zero-order chi connectivity index (χ0) is 22.2. The van der Waals surface area contributed by atoms with E-state index in [0.29, 0.717) is 25.4 Å². The maximum absolute atomic E-state index is 12.6. The van der Waals surface area contributed by atoms with Gasteiger partial charge < -0.3 is 14.6 Å². The number of nitrogens with zero attached hydrogens (tertiary/aromatic N) is 2. The monoisotopic (exact) mass is 483 g/mol. The number of nitrogens with one attached hydrogen (secondary N) is 1. The molecular weight excluding hydrogens is 461 g/mol. The number of aromatic nitrogens is 1. The van der Waals surface area contributed by atoms with Gasteiger partial charge in [0, 0.05) is 37.3 Å². The molecule has 1 aromatic heterocycles. The Morgan fingerprint density at radius 2 is 1.94 bits per heavy atom. The predicted molar refractivity (Wildman–Crippen MR) is 122 cm³/mol. The van der Waals surface area contributed by atoms with Crippen LogP contribution in [0.25, 0.3) is 0 Å². The Labute approximate surface area is 196 Å². The predicted octanol–water partition coefficient (Wildman–Crippen LogP) is 3.47. The Balaban J connectivity index is 1.47. The number of alkyl halides is 3. The summed E-state index contributed by atoms with van der Waals surface area (Å²) in [7, 11) is 0. The van der Waals surface area contributed by atoms with E-state index in [1.807, 2.05) is 40.7 Å². The molecule has 0 saturated carbocycles. The number of piperidine rings is 1. The summed E-state index contributed by atoms with van der Waals surface area (Å²) in [6, 6.07) is 12.8. The summed E-state index contributed by atoms with van der Waals surface area (Å²) in [6.45, 7) is 3.55. The lowest BCUT2D eigenvalue weighted by molar-refractivity contribution is -0.125. The Kier molecular flexibility index (Phi) is 6.54. The summed E-state index contributed by atoms with van der Waals surface area (Å²) in [5.74, 6) is 0.641. The normalized spacial score (nSPS) is 21.8. The minimum atomic E-state index is -1.72. The number of carbonyl (C=O) groups excluding carboxylic acids is 1. The number of ether oxygens (including phenoxy) is 1. The number of likely N-dealkylation sites (tertiary alicyclic amines) is 1. The number of pyridine rings is 1. The first-order valence-electron chi connectivity index (χ1n) is 10.2. The number of halogens is 3. The topological polar surface area (TPSA) is 63.6 Å². The third-order valence-electron chi connectivity index (χ3n) is 5.93. The molecule has 1 saturated heterocycles. The van der Waals surface area contributed by atoms with Crippen molar-refractivity contribution in [1.82, 2.24) is 14.8 Å². The van der Waals surface area contributed by atoms with Crippen LogP contribution in [-0.4, -0.2) is 45.0 Å². The molecule has 3 heterocycles. The molecule has 1 unspecified atom stereocenters. The van der Waals surface area contributed by atoms with Crippen molar-refractivity contribution in [3.63, 3.8) is 0 Å². The number of aryl methyl sites for hydroxylation is 1. The van der Waals surface area contributed by atoms with E-state index < -0.39 is 9.96 Å². The number of hydrogen-bond donors (Lipinski definition) is 1. The van der Waals surface area contributed by atoms with Crippen molar-refractivity contribution in [3.05, 3.63) is 64.1 Å². The van der Waals surface area contributed by atoms with Crippen LogP contribution in [-0.2, 0) is 11.3 Å². The highest BCUT2D eigenvalue weighted by Crippen LogP contribution is 2.39. The van der Waals surface area contributed by atoms with Crippen LogP contribution in [0.3, 0.4) is 0 Å². The van der Waals surface area contributed by atoms with Gasteiger partial charge in [-0.15, -0.1) is 0 Å². The van der Waals surface area contributed by atoms with Crippen LogP contribution in [0.5, 0.6) is 5.75 Å². The third-order valence-corrected chi connectivity index (χ3v) is 6.55. The molecule has 31 heavy (non-hydrogen) atoms. The van der Waals surface area contributed by atoms with Gasteiger partial charge in [0.25, 0.3) is 11.5 Å². The molecule has 2 aromatic rings. The first-order valence-corrected chi connectivity index (χ1v) is 11.3. The second-order valence-electron chi connectivity index (χ2n) is 8.22. The number of fused-ring (bicyclic) bond motifs is 4. The van der Waals surface area contributed by atoms with Crippen molar-refractivity contribution in [2.45, 2.75) is 35.8 Å². The summed E-state index contributed by atoms with van der Waals surface area (Å²) in [6.07, 6.45) is 0.161. The van der Waals surface area contributed by atoms with Gasteiger partial charge in [0.1, 0.15) is 11.9 Å². The molecule has 0 spiro atoms. The molecular formula is C22H24Cl3N3O3. The van der Waals surface area contributed by atoms with Gasteiger partial charge in [-0.05, 0) is 37.0 Å². The van der Waals surface area contributed by atoms with Crippen molar-refractivity contribution in [1.29, 1.82) is 0 Å². The smallest absolute Gasteiger partial charge is 0.259 e. The number of benzene rings is 1. The summed E-state index contributed by atoms with van der Waals surface area (Å²) in [5, 5.41) is 2.84. The molecule has 1 amide bonds. The molecule has 1 fully saturated rings. The lowest BCUT2D eigenvalue weighted by atomic mass is 9.83. The Morgan fingerprint density at radius 3 is 2.68 bits per heavy atom. The van der Waals surface area contributed by atoms with E-state index in [1.165, 1.54) is 0 Å². The molecule has 1 N–H and O–H groups in total. The van der Waals surface area contributed by atoms with Gasteiger partial charge in [-0.25, -0.2) is 0 Å². The molecule has 2 bridgehead atoms. The molecule has 2 aliphatic heterocycles. The molecule has 6 nitrogen and oxygen atoms in total. The maximum Gasteiger partial charge on any atom is 0.259 e. The summed E-state index contributed by atoms with van der Waals surface area (Å²) >= 11 is 18.8. The highest BCUT2D eigenvalue weighted by molar-refractivity contribution is 6.68. The van der Waals surface area contributed by atoms with Gasteiger partial charge in [0.05, 0.1) is 0 Å². The van der Waals surface area contributed by atoms with E-state index in [-0.39, 0.29) is 29.9 Å². The van der Waals surface area contributed by atoms with E-state index in [0.717, 1.165) is 17.7 Å². The number of carbonyl (C=O) groups is 1. The van der Waals surface area contributed by atoms with Crippen LogP contribution in [0, 0.1) is 12.8 Å². The van der Waals surface area contributed by atoms with Gasteiger partial charge in [-0.3, -0.25) is 14.5 Å². The van der Waals surface area contributed by atoms with Crippen LogP contribution in [0.15, 0.2) is 47.3 Å². The van der Waals surface area contributed by atoms with Gasteiger partial charge in [-0.2, -0.15) is 0 Å². The Hall–Kier alpha value is -1.73. The molecule has 1 aromatic carbocycles. The fraction of sp³-hybridized carbons (Fsp3) is 0.455. The van der Waals surface area contributed by atoms with Crippen LogP contribution >= 0.6 is 34.8 Å². The minimum Gasteiger partial charge on any atom is -0.484 e. The fourth-order valence-corrected chi connectivity index (χ4v) is 5.16. The summed E-state index contributed by atoms with van der Waals surface area (Å²) in [4.78, 5) is 26.9.